The number of aryl methyl sites for hydroxylation is 2. The van der Waals surface area contributed by atoms with Crippen LogP contribution in [0, 0.1) is 6.92 Å². The van der Waals surface area contributed by atoms with Crippen LogP contribution < -0.4 is 14.8 Å². The molecule has 0 radical (unpaired) electrons. The molecule has 1 N–H and O–H groups in total. The summed E-state index contributed by atoms with van der Waals surface area (Å²) >= 11 is 0. The molecule has 0 aliphatic carbocycles. The van der Waals surface area contributed by atoms with Crippen molar-refractivity contribution in [2.75, 3.05) is 0 Å². The maximum atomic E-state index is 11.6. The fourth-order valence-corrected chi connectivity index (χ4v) is 3.68. The van der Waals surface area contributed by atoms with Crippen molar-refractivity contribution in [1.29, 1.82) is 0 Å². The summed E-state index contributed by atoms with van der Waals surface area (Å²) in [6.45, 7) is 6.03. The minimum atomic E-state index is -0.678. The van der Waals surface area contributed by atoms with Gasteiger partial charge in [-0.3, -0.25) is 0 Å². The molecule has 3 aromatic rings. The Hall–Kier alpha value is -3.81. The molecule has 1 fully saturated rings. The van der Waals surface area contributed by atoms with Gasteiger partial charge in [-0.2, -0.15) is 0 Å². The third-order valence-electron chi connectivity index (χ3n) is 5.38. The summed E-state index contributed by atoms with van der Waals surface area (Å²) in [6, 6.07) is 15.0. The summed E-state index contributed by atoms with van der Waals surface area (Å²) < 4.78 is 22.4. The van der Waals surface area contributed by atoms with Crippen LogP contribution in [0.1, 0.15) is 43.7 Å². The third kappa shape index (κ3) is 5.75. The summed E-state index contributed by atoms with van der Waals surface area (Å²) in [6.07, 6.45) is 1.24. The summed E-state index contributed by atoms with van der Waals surface area (Å²) in [5, 5.41) is 2.52. The number of hydrogen-bond donors (Lipinski definition) is 1. The number of nitrogens with one attached hydrogen (secondary N) is 1. The molecule has 1 aliphatic rings. The number of amides is 1. The van der Waals surface area contributed by atoms with Gasteiger partial charge in [-0.1, -0.05) is 24.3 Å². The van der Waals surface area contributed by atoms with Gasteiger partial charge in [0.05, 0.1) is 6.10 Å². The van der Waals surface area contributed by atoms with Crippen LogP contribution in [0.4, 0.5) is 4.79 Å². The van der Waals surface area contributed by atoms with Crippen molar-refractivity contribution in [3.63, 3.8) is 0 Å². The number of cyclic esters (lactones) is 2. The van der Waals surface area contributed by atoms with E-state index in [1.54, 1.807) is 0 Å². The van der Waals surface area contributed by atoms with Gasteiger partial charge in [0.2, 0.25) is 5.89 Å². The molecule has 1 aromatic heterocycles. The van der Waals surface area contributed by atoms with E-state index in [-0.39, 0.29) is 12.7 Å². The number of carbonyl (C=O) groups is 2. The summed E-state index contributed by atoms with van der Waals surface area (Å²) in [5.74, 6) is 2.02. The SMILES string of the molecule is Cc1oc(-c2ccccc2)nc1COc1ccc(CCCC2NC(=O)OC2=O)cc1OC(C)C. The highest BCUT2D eigenvalue weighted by atomic mass is 16.6. The molecule has 4 rings (SSSR count). The second-order valence-electron chi connectivity index (χ2n) is 8.42. The number of ether oxygens (including phenoxy) is 3. The molecule has 1 aliphatic heterocycles. The van der Waals surface area contributed by atoms with Crippen LogP contribution in [0.3, 0.4) is 0 Å². The molecule has 8 nitrogen and oxygen atoms in total. The zero-order valence-corrected chi connectivity index (χ0v) is 19.5. The third-order valence-corrected chi connectivity index (χ3v) is 5.38. The van der Waals surface area contributed by atoms with E-state index in [1.807, 2.05) is 69.3 Å². The zero-order chi connectivity index (χ0) is 24.1. The number of aromatic nitrogens is 1. The van der Waals surface area contributed by atoms with E-state index < -0.39 is 18.1 Å². The second-order valence-corrected chi connectivity index (χ2v) is 8.42. The number of alkyl carbamates (subject to hydrolysis) is 1. The predicted octanol–water partition coefficient (Wildman–Crippen LogP) is 4.97. The van der Waals surface area contributed by atoms with Gasteiger partial charge in [-0.25, -0.2) is 14.6 Å². The molecule has 34 heavy (non-hydrogen) atoms. The Bertz CT molecular complexity index is 1160. The Labute approximate surface area is 198 Å². The van der Waals surface area contributed by atoms with Gasteiger partial charge >= 0.3 is 12.1 Å². The first-order chi connectivity index (χ1) is 16.4. The van der Waals surface area contributed by atoms with Crippen molar-refractivity contribution in [1.82, 2.24) is 10.3 Å². The van der Waals surface area contributed by atoms with Crippen LogP contribution in [0.2, 0.25) is 0 Å². The largest absolute Gasteiger partial charge is 0.487 e. The van der Waals surface area contributed by atoms with Gasteiger partial charge in [-0.15, -0.1) is 0 Å². The number of rotatable bonds is 10. The summed E-state index contributed by atoms with van der Waals surface area (Å²) in [5.41, 5.74) is 2.68. The molecule has 0 spiro atoms. The molecule has 1 saturated heterocycles. The molecule has 0 bridgehead atoms. The first-order valence-electron chi connectivity index (χ1n) is 11.4. The van der Waals surface area contributed by atoms with E-state index in [0.717, 1.165) is 23.2 Å². The van der Waals surface area contributed by atoms with Crippen molar-refractivity contribution in [3.05, 3.63) is 65.5 Å². The van der Waals surface area contributed by atoms with Crippen molar-refractivity contribution in [2.45, 2.75) is 58.8 Å². The van der Waals surface area contributed by atoms with Gasteiger partial charge < -0.3 is 23.9 Å². The Morgan fingerprint density at radius 1 is 1.09 bits per heavy atom. The van der Waals surface area contributed by atoms with E-state index in [4.69, 9.17) is 13.9 Å². The molecule has 0 saturated carbocycles. The average Bonchev–Trinajstić information content (AvgIpc) is 3.34. The Balaban J connectivity index is 1.41. The molecule has 8 heteroatoms. The number of oxazole rings is 1. The van der Waals surface area contributed by atoms with E-state index in [2.05, 4.69) is 15.0 Å². The lowest BCUT2D eigenvalue weighted by Crippen LogP contribution is -2.28. The van der Waals surface area contributed by atoms with Gasteiger partial charge in [0.1, 0.15) is 24.1 Å². The monoisotopic (exact) mass is 464 g/mol. The van der Waals surface area contributed by atoms with Crippen LogP contribution in [0.15, 0.2) is 52.9 Å². The lowest BCUT2D eigenvalue weighted by Gasteiger charge is -2.16. The molecule has 1 atom stereocenters. The molecular formula is C26H28N2O6. The smallest absolute Gasteiger partial charge is 0.415 e. The van der Waals surface area contributed by atoms with E-state index in [0.29, 0.717) is 36.0 Å². The highest BCUT2D eigenvalue weighted by Gasteiger charge is 2.31. The standard InChI is InChI=1S/C26H28N2O6/c1-16(2)32-23-14-18(8-7-11-20-25(29)34-26(30)28-20)12-13-22(23)31-15-21-17(3)33-24(27-21)19-9-5-4-6-10-19/h4-6,9-10,12-14,16,20H,7-8,11,15H2,1-3H3,(H,28,30). The Morgan fingerprint density at radius 3 is 2.59 bits per heavy atom. The normalized spacial score (nSPS) is 15.4. The van der Waals surface area contributed by atoms with Gasteiger partial charge in [0.15, 0.2) is 11.5 Å². The minimum Gasteiger partial charge on any atom is -0.487 e. The Kier molecular flexibility index (Phi) is 7.15. The summed E-state index contributed by atoms with van der Waals surface area (Å²) in [7, 11) is 0. The fourth-order valence-electron chi connectivity index (χ4n) is 3.68. The molecule has 1 unspecified atom stereocenters. The van der Waals surface area contributed by atoms with Crippen LogP contribution in [-0.4, -0.2) is 29.2 Å². The first kappa shape index (κ1) is 23.4. The van der Waals surface area contributed by atoms with E-state index in [1.165, 1.54) is 0 Å². The van der Waals surface area contributed by atoms with Crippen LogP contribution in [0.25, 0.3) is 11.5 Å². The van der Waals surface area contributed by atoms with E-state index >= 15 is 0 Å². The number of carbonyl (C=O) groups excluding carboxylic acids is 2. The second kappa shape index (κ2) is 10.4. The molecule has 1 amide bonds. The average molecular weight is 465 g/mol. The van der Waals surface area contributed by atoms with Crippen LogP contribution in [0.5, 0.6) is 11.5 Å². The quantitative estimate of drug-likeness (QED) is 0.334. The van der Waals surface area contributed by atoms with Crippen LogP contribution >= 0.6 is 0 Å². The number of nitrogens with zero attached hydrogens (tertiary/aromatic N) is 1. The predicted molar refractivity (Wildman–Crippen MR) is 125 cm³/mol. The van der Waals surface area contributed by atoms with Crippen molar-refractivity contribution < 1.29 is 28.2 Å². The minimum absolute atomic E-state index is 0.0282. The Morgan fingerprint density at radius 2 is 1.88 bits per heavy atom. The van der Waals surface area contributed by atoms with E-state index in [9.17, 15) is 9.59 Å². The highest BCUT2D eigenvalue weighted by Crippen LogP contribution is 2.31. The lowest BCUT2D eigenvalue weighted by molar-refractivity contribution is -0.135. The fraction of sp³-hybridized carbons (Fsp3) is 0.346. The molecule has 2 aromatic carbocycles. The molecule has 2 heterocycles. The number of esters is 1. The maximum Gasteiger partial charge on any atom is 0.415 e. The molecule has 178 valence electrons. The van der Waals surface area contributed by atoms with Crippen molar-refractivity contribution in [3.8, 4) is 23.0 Å². The topological polar surface area (TPSA) is 99.9 Å². The van der Waals surface area contributed by atoms with Crippen molar-refractivity contribution >= 4 is 12.1 Å². The number of hydrogen-bond acceptors (Lipinski definition) is 7. The summed E-state index contributed by atoms with van der Waals surface area (Å²) in [4.78, 5) is 27.3. The van der Waals surface area contributed by atoms with Gasteiger partial charge in [0, 0.05) is 5.56 Å². The molecular weight excluding hydrogens is 436 g/mol. The lowest BCUT2D eigenvalue weighted by atomic mass is 10.0. The highest BCUT2D eigenvalue weighted by molar-refractivity contribution is 5.95. The van der Waals surface area contributed by atoms with Crippen molar-refractivity contribution in [2.24, 2.45) is 0 Å². The number of benzene rings is 2. The van der Waals surface area contributed by atoms with Gasteiger partial charge in [0.25, 0.3) is 0 Å². The first-order valence-corrected chi connectivity index (χ1v) is 11.4. The van der Waals surface area contributed by atoms with Crippen LogP contribution in [-0.2, 0) is 22.6 Å². The zero-order valence-electron chi connectivity index (χ0n) is 19.5. The maximum absolute atomic E-state index is 11.6. The van der Waals surface area contributed by atoms with Gasteiger partial charge in [-0.05, 0) is 69.9 Å².